The van der Waals surface area contributed by atoms with Gasteiger partial charge in [-0.15, -0.1) is 0 Å². The molecule has 0 spiro atoms. The summed E-state index contributed by atoms with van der Waals surface area (Å²) in [6.07, 6.45) is 7.66. The van der Waals surface area contributed by atoms with Crippen LogP contribution in [-0.4, -0.2) is 63.0 Å². The normalized spacial score (nSPS) is 27.9. The SMILES string of the molecule is CCO[C@@H]1OC(C(=O)NC2CC3CCC2C3)=C[C@H](c2coc3ccccc3c2=O)[C@H]1CCOCCOCCO. The molecule has 0 radical (unpaired) electrons. The number of carbonyl (C=O) groups excluding carboxylic acids is 1. The Balaban J connectivity index is 1.40. The van der Waals surface area contributed by atoms with E-state index < -0.39 is 12.2 Å². The number of carbonyl (C=O) groups is 1. The largest absolute Gasteiger partial charge is 0.464 e. The van der Waals surface area contributed by atoms with E-state index in [1.807, 2.05) is 19.1 Å². The van der Waals surface area contributed by atoms with Crippen LogP contribution >= 0.6 is 0 Å². The number of rotatable bonds is 13. The minimum absolute atomic E-state index is 0.0320. The maximum absolute atomic E-state index is 13.6. The molecule has 1 aromatic heterocycles. The monoisotopic (exact) mass is 541 g/mol. The van der Waals surface area contributed by atoms with Crippen molar-refractivity contribution >= 4 is 16.9 Å². The fraction of sp³-hybridized carbons (Fsp3) is 0.600. The van der Waals surface area contributed by atoms with E-state index in [9.17, 15) is 9.59 Å². The highest BCUT2D eigenvalue weighted by molar-refractivity contribution is 5.92. The molecule has 2 N–H and O–H groups in total. The smallest absolute Gasteiger partial charge is 0.286 e. The number of para-hydroxylation sites is 1. The first-order valence-corrected chi connectivity index (χ1v) is 14.2. The predicted octanol–water partition coefficient (Wildman–Crippen LogP) is 3.49. The summed E-state index contributed by atoms with van der Waals surface area (Å²) >= 11 is 0. The van der Waals surface area contributed by atoms with Crippen molar-refractivity contribution in [2.24, 2.45) is 17.8 Å². The van der Waals surface area contributed by atoms with Crippen LogP contribution in [0.15, 0.2) is 51.6 Å². The van der Waals surface area contributed by atoms with Crippen molar-refractivity contribution in [3.63, 3.8) is 0 Å². The summed E-state index contributed by atoms with van der Waals surface area (Å²) in [5, 5.41) is 12.5. The number of allylic oxidation sites excluding steroid dienone is 1. The molecule has 9 nitrogen and oxygen atoms in total. The third-order valence-electron chi connectivity index (χ3n) is 8.26. The van der Waals surface area contributed by atoms with Crippen molar-refractivity contribution in [2.45, 2.75) is 57.3 Å². The van der Waals surface area contributed by atoms with Crippen molar-refractivity contribution in [3.8, 4) is 0 Å². The molecule has 2 aromatic rings. The van der Waals surface area contributed by atoms with Gasteiger partial charge in [-0.1, -0.05) is 18.6 Å². The lowest BCUT2D eigenvalue weighted by molar-refractivity contribution is -0.168. The van der Waals surface area contributed by atoms with E-state index in [0.717, 1.165) is 12.8 Å². The third-order valence-corrected chi connectivity index (χ3v) is 8.26. The van der Waals surface area contributed by atoms with E-state index in [2.05, 4.69) is 5.32 Å². The van der Waals surface area contributed by atoms with Gasteiger partial charge in [-0.2, -0.15) is 0 Å². The Bertz CT molecular complexity index is 1210. The van der Waals surface area contributed by atoms with Crippen LogP contribution in [0.5, 0.6) is 0 Å². The number of ether oxygens (including phenoxy) is 4. The van der Waals surface area contributed by atoms with Gasteiger partial charge in [-0.25, -0.2) is 0 Å². The number of aliphatic hydroxyl groups excluding tert-OH is 1. The third kappa shape index (κ3) is 6.38. The highest BCUT2D eigenvalue weighted by Gasteiger charge is 2.43. The number of aliphatic hydroxyl groups is 1. The Kier molecular flexibility index (Phi) is 9.34. The van der Waals surface area contributed by atoms with Crippen molar-refractivity contribution in [1.29, 1.82) is 0 Å². The van der Waals surface area contributed by atoms with Crippen LogP contribution in [0.4, 0.5) is 0 Å². The Hall–Kier alpha value is -2.72. The van der Waals surface area contributed by atoms with Crippen LogP contribution in [0.1, 0.15) is 50.5 Å². The topological polar surface area (TPSA) is 116 Å². The molecule has 2 fully saturated rings. The molecule has 3 unspecified atom stereocenters. The summed E-state index contributed by atoms with van der Waals surface area (Å²) < 4.78 is 29.1. The molecule has 2 bridgehead atoms. The molecule has 2 saturated carbocycles. The lowest BCUT2D eigenvalue weighted by Crippen LogP contribution is -2.44. The molecule has 3 aliphatic rings. The van der Waals surface area contributed by atoms with Gasteiger partial charge >= 0.3 is 0 Å². The second-order valence-corrected chi connectivity index (χ2v) is 10.7. The number of hydrogen-bond donors (Lipinski definition) is 2. The van der Waals surface area contributed by atoms with E-state index in [0.29, 0.717) is 61.2 Å². The first-order chi connectivity index (χ1) is 19.1. The van der Waals surface area contributed by atoms with Gasteiger partial charge in [0.1, 0.15) is 5.58 Å². The summed E-state index contributed by atoms with van der Waals surface area (Å²) in [7, 11) is 0. The molecule has 1 aliphatic heterocycles. The first kappa shape index (κ1) is 27.8. The lowest BCUT2D eigenvalue weighted by atomic mass is 9.81. The van der Waals surface area contributed by atoms with Gasteiger partial charge in [0.25, 0.3) is 5.91 Å². The Morgan fingerprint density at radius 2 is 1.92 bits per heavy atom. The van der Waals surface area contributed by atoms with Crippen LogP contribution < -0.4 is 10.7 Å². The summed E-state index contributed by atoms with van der Waals surface area (Å²) in [6, 6.07) is 7.31. The summed E-state index contributed by atoms with van der Waals surface area (Å²) in [5.74, 6) is 0.399. The minimum atomic E-state index is -0.731. The molecular weight excluding hydrogens is 502 g/mol. The Labute approximate surface area is 228 Å². The second kappa shape index (κ2) is 13.1. The molecule has 0 saturated heterocycles. The van der Waals surface area contributed by atoms with E-state index in [4.69, 9.17) is 28.5 Å². The number of nitrogens with one attached hydrogen (secondary N) is 1. The molecule has 39 heavy (non-hydrogen) atoms. The first-order valence-electron chi connectivity index (χ1n) is 14.2. The van der Waals surface area contributed by atoms with Crippen molar-refractivity contribution < 1.29 is 33.3 Å². The van der Waals surface area contributed by atoms with Crippen molar-refractivity contribution in [2.75, 3.05) is 39.6 Å². The van der Waals surface area contributed by atoms with Gasteiger partial charge in [0, 0.05) is 36.7 Å². The van der Waals surface area contributed by atoms with Crippen LogP contribution in [-0.2, 0) is 23.7 Å². The molecule has 2 heterocycles. The molecule has 1 amide bonds. The van der Waals surface area contributed by atoms with Gasteiger partial charge in [-0.05, 0) is 62.7 Å². The standard InChI is InChI=1S/C30H39NO8/c1-2-37-30-21(9-11-35-13-14-36-12-10-32)23(24-18-38-26-6-4-3-5-22(26)28(24)33)17-27(39-30)29(34)31-25-16-19-7-8-20(25)15-19/h3-6,17-21,23,25,30,32H,2,7-16H2,1H3,(H,31,34)/t19?,20?,21-,23+,25?,30-/m1/s1. The summed E-state index contributed by atoms with van der Waals surface area (Å²) in [6.45, 7) is 3.64. The molecular formula is C30H39NO8. The maximum Gasteiger partial charge on any atom is 0.286 e. The lowest BCUT2D eigenvalue weighted by Gasteiger charge is -2.37. The van der Waals surface area contributed by atoms with E-state index >= 15 is 0 Å². The van der Waals surface area contributed by atoms with Crippen molar-refractivity contribution in [3.05, 3.63) is 58.2 Å². The summed E-state index contributed by atoms with van der Waals surface area (Å²) in [5.41, 5.74) is 0.843. The zero-order valence-corrected chi connectivity index (χ0v) is 22.5. The van der Waals surface area contributed by atoms with Gasteiger partial charge in [0.15, 0.2) is 11.2 Å². The zero-order valence-electron chi connectivity index (χ0n) is 22.5. The van der Waals surface area contributed by atoms with Crippen LogP contribution in [0.25, 0.3) is 11.0 Å². The molecule has 6 atom stereocenters. The summed E-state index contributed by atoms with van der Waals surface area (Å²) in [4.78, 5) is 27.0. The molecule has 5 rings (SSSR count). The number of hydrogen-bond acceptors (Lipinski definition) is 8. The molecule has 1 aromatic carbocycles. The molecule has 9 heteroatoms. The van der Waals surface area contributed by atoms with Crippen LogP contribution in [0.2, 0.25) is 0 Å². The maximum atomic E-state index is 13.6. The Morgan fingerprint density at radius 3 is 2.67 bits per heavy atom. The fourth-order valence-corrected chi connectivity index (χ4v) is 6.38. The van der Waals surface area contributed by atoms with Crippen LogP contribution in [0, 0.1) is 17.8 Å². The molecule has 212 valence electrons. The van der Waals surface area contributed by atoms with Gasteiger partial charge in [0.2, 0.25) is 6.29 Å². The number of amides is 1. The number of benzene rings is 1. The number of fused-ring (bicyclic) bond motifs is 3. The van der Waals surface area contributed by atoms with E-state index in [1.54, 1.807) is 18.2 Å². The van der Waals surface area contributed by atoms with E-state index in [1.165, 1.54) is 19.1 Å². The quantitative estimate of drug-likeness (QED) is 0.370. The van der Waals surface area contributed by atoms with Crippen molar-refractivity contribution in [1.82, 2.24) is 5.32 Å². The Morgan fingerprint density at radius 1 is 1.10 bits per heavy atom. The van der Waals surface area contributed by atoms with Gasteiger partial charge in [0.05, 0.1) is 38.1 Å². The van der Waals surface area contributed by atoms with Crippen LogP contribution in [0.3, 0.4) is 0 Å². The fourth-order valence-electron chi connectivity index (χ4n) is 6.38. The van der Waals surface area contributed by atoms with E-state index in [-0.39, 0.29) is 42.3 Å². The second-order valence-electron chi connectivity index (χ2n) is 10.7. The average Bonchev–Trinajstić information content (AvgIpc) is 3.57. The highest BCUT2D eigenvalue weighted by atomic mass is 16.7. The highest BCUT2D eigenvalue weighted by Crippen LogP contribution is 2.45. The zero-order chi connectivity index (χ0) is 27.2. The van der Waals surface area contributed by atoms with Gasteiger partial charge < -0.3 is 33.8 Å². The van der Waals surface area contributed by atoms with Gasteiger partial charge in [-0.3, -0.25) is 9.59 Å². The average molecular weight is 542 g/mol. The minimum Gasteiger partial charge on any atom is -0.464 e. The predicted molar refractivity (Wildman–Crippen MR) is 144 cm³/mol. The molecule has 2 aliphatic carbocycles.